The Morgan fingerprint density at radius 3 is 2.32 bits per heavy atom. The number of amides is 2. The number of carbonyl (C=O) groups excluding carboxylic acids is 2. The highest BCUT2D eigenvalue weighted by Crippen LogP contribution is 2.37. The Morgan fingerprint density at radius 1 is 1.06 bits per heavy atom. The zero-order chi connectivity index (χ0) is 24.3. The molecule has 0 radical (unpaired) electrons. The number of nitrogens with zero attached hydrogens (tertiary/aromatic N) is 2. The van der Waals surface area contributed by atoms with Gasteiger partial charge >= 0.3 is 6.18 Å². The minimum Gasteiger partial charge on any atom is -0.380 e. The molecule has 1 heterocycles. The molecule has 0 atom stereocenters. The second-order valence-electron chi connectivity index (χ2n) is 8.88. The van der Waals surface area contributed by atoms with Crippen LogP contribution in [0, 0.1) is 0 Å². The maximum atomic E-state index is 12.9. The first kappa shape index (κ1) is 24.7. The quantitative estimate of drug-likeness (QED) is 0.445. The molecule has 3 aliphatic rings. The zero-order valence-corrected chi connectivity index (χ0v) is 19.6. The molecule has 2 amide bonds. The summed E-state index contributed by atoms with van der Waals surface area (Å²) in [6.07, 6.45) is 1.58. The Balaban J connectivity index is 1.29. The molecule has 34 heavy (non-hydrogen) atoms. The normalized spacial score (nSPS) is 19.9. The number of aliphatic hydroxyl groups is 1. The fraction of sp³-hybridized carbons (Fsp3) is 0.500. The van der Waals surface area contributed by atoms with Crippen molar-refractivity contribution in [2.24, 2.45) is 0 Å². The fourth-order valence-electron chi connectivity index (χ4n) is 4.02. The first-order chi connectivity index (χ1) is 16.1. The molecule has 1 aromatic rings. The average molecular weight is 496 g/mol. The number of piperazine rings is 1. The zero-order valence-electron chi connectivity index (χ0n) is 18.7. The molecule has 1 saturated heterocycles. The van der Waals surface area contributed by atoms with Crippen LogP contribution >= 0.6 is 11.9 Å². The molecule has 184 valence electrons. The van der Waals surface area contributed by atoms with Crippen molar-refractivity contribution in [3.05, 3.63) is 53.2 Å². The maximum Gasteiger partial charge on any atom is 0.389 e. The number of alkyl halides is 3. The molecule has 0 aromatic heterocycles. The molecule has 1 aliphatic heterocycles. The summed E-state index contributed by atoms with van der Waals surface area (Å²) in [6.45, 7) is 1.69. The Bertz CT molecular complexity index is 979. The summed E-state index contributed by atoms with van der Waals surface area (Å²) in [6, 6.07) is 7.29. The van der Waals surface area contributed by atoms with Crippen LogP contribution < -0.4 is 4.72 Å². The van der Waals surface area contributed by atoms with Crippen molar-refractivity contribution < 1.29 is 27.9 Å². The largest absolute Gasteiger partial charge is 0.389 e. The van der Waals surface area contributed by atoms with E-state index < -0.39 is 18.2 Å². The minimum atomic E-state index is -4.15. The summed E-state index contributed by atoms with van der Waals surface area (Å²) in [5.74, 6) is -0.370. The molecule has 0 bridgehead atoms. The molecule has 4 rings (SSSR count). The van der Waals surface area contributed by atoms with Crippen LogP contribution in [-0.2, 0) is 4.79 Å². The number of hydrogen-bond acceptors (Lipinski definition) is 5. The Labute approximate surface area is 201 Å². The number of halogens is 3. The van der Waals surface area contributed by atoms with Gasteiger partial charge in [-0.25, -0.2) is 0 Å². The predicted molar refractivity (Wildman–Crippen MR) is 125 cm³/mol. The van der Waals surface area contributed by atoms with Crippen LogP contribution in [0.15, 0.2) is 42.1 Å². The van der Waals surface area contributed by atoms with Gasteiger partial charge in [-0.05, 0) is 55.0 Å². The van der Waals surface area contributed by atoms with E-state index in [1.807, 2.05) is 18.2 Å². The molecular weight excluding hydrogens is 467 g/mol. The number of allylic oxidation sites excluding steroid dienone is 4. The van der Waals surface area contributed by atoms with E-state index in [-0.39, 0.29) is 17.6 Å². The molecule has 0 unspecified atom stereocenters. The van der Waals surface area contributed by atoms with Crippen molar-refractivity contribution >= 4 is 29.3 Å². The molecule has 6 nitrogen and oxygen atoms in total. The standard InChI is InChI=1S/C24H28F3N3O3S/c25-24(26,27)10-15-34-28-20-3-1-2-19(16-20)17-4-6-18(7-5-17)21(31)29-11-13-30(14-12-29)22(32)23(33)8-9-23/h2,4-7,16,28,33H,1,3,8-15H2. The van der Waals surface area contributed by atoms with Crippen molar-refractivity contribution in [2.45, 2.75) is 43.9 Å². The Kier molecular flexibility index (Phi) is 7.28. The summed E-state index contributed by atoms with van der Waals surface area (Å²) >= 11 is 1.06. The smallest absolute Gasteiger partial charge is 0.380 e. The molecule has 2 fully saturated rings. The van der Waals surface area contributed by atoms with Gasteiger partial charge in [-0.15, -0.1) is 0 Å². The maximum absolute atomic E-state index is 12.9. The fourth-order valence-corrected chi connectivity index (χ4v) is 4.80. The second-order valence-corrected chi connectivity index (χ2v) is 9.78. The van der Waals surface area contributed by atoms with E-state index in [1.54, 1.807) is 21.9 Å². The van der Waals surface area contributed by atoms with E-state index in [0.717, 1.165) is 41.6 Å². The van der Waals surface area contributed by atoms with Gasteiger partial charge in [0.2, 0.25) is 0 Å². The number of hydrogen-bond donors (Lipinski definition) is 2. The van der Waals surface area contributed by atoms with Crippen LogP contribution in [0.25, 0.3) is 5.57 Å². The van der Waals surface area contributed by atoms with Gasteiger partial charge in [-0.2, -0.15) is 13.2 Å². The van der Waals surface area contributed by atoms with Crippen molar-refractivity contribution in [3.63, 3.8) is 0 Å². The summed E-state index contributed by atoms with van der Waals surface area (Å²) in [7, 11) is 0. The number of carbonyl (C=O) groups is 2. The van der Waals surface area contributed by atoms with Gasteiger partial charge in [0, 0.05) is 43.2 Å². The third-order valence-electron chi connectivity index (χ3n) is 6.24. The SMILES string of the molecule is O=C(c1ccc(C2=CCCC(NSCCC(F)(F)F)=C2)cc1)N1CCN(C(=O)C2(O)CC2)CC1. The van der Waals surface area contributed by atoms with Crippen LogP contribution in [0.1, 0.15) is 48.0 Å². The summed E-state index contributed by atoms with van der Waals surface area (Å²) < 4.78 is 39.9. The minimum absolute atomic E-state index is 0.0417. The molecule has 1 saturated carbocycles. The molecule has 2 N–H and O–H groups in total. The van der Waals surface area contributed by atoms with Gasteiger partial charge in [0.15, 0.2) is 0 Å². The second kappa shape index (κ2) is 10.0. The highest BCUT2D eigenvalue weighted by Gasteiger charge is 2.50. The number of rotatable bonds is 7. The lowest BCUT2D eigenvalue weighted by Crippen LogP contribution is -2.53. The average Bonchev–Trinajstić information content (AvgIpc) is 3.59. The highest BCUT2D eigenvalue weighted by atomic mass is 32.2. The van der Waals surface area contributed by atoms with Crippen LogP contribution in [0.2, 0.25) is 0 Å². The molecule has 10 heteroatoms. The third kappa shape index (κ3) is 6.15. The van der Waals surface area contributed by atoms with Gasteiger partial charge in [0.25, 0.3) is 11.8 Å². The van der Waals surface area contributed by atoms with E-state index in [0.29, 0.717) is 44.6 Å². The Morgan fingerprint density at radius 2 is 1.71 bits per heavy atom. The molecule has 1 aromatic carbocycles. The summed E-state index contributed by atoms with van der Waals surface area (Å²) in [5.41, 5.74) is 2.17. The first-order valence-electron chi connectivity index (χ1n) is 11.4. The van der Waals surface area contributed by atoms with Crippen molar-refractivity contribution in [3.8, 4) is 0 Å². The van der Waals surface area contributed by atoms with Crippen molar-refractivity contribution in [1.82, 2.24) is 14.5 Å². The van der Waals surface area contributed by atoms with E-state index in [1.165, 1.54) is 0 Å². The first-order valence-corrected chi connectivity index (χ1v) is 12.4. The van der Waals surface area contributed by atoms with Gasteiger partial charge in [0.05, 0.1) is 6.42 Å². The van der Waals surface area contributed by atoms with E-state index >= 15 is 0 Å². The lowest BCUT2D eigenvalue weighted by Gasteiger charge is -2.35. The molecular formula is C24H28F3N3O3S. The van der Waals surface area contributed by atoms with Gasteiger partial charge in [-0.1, -0.05) is 30.2 Å². The topological polar surface area (TPSA) is 72.9 Å². The lowest BCUT2D eigenvalue weighted by atomic mass is 9.97. The molecule has 2 aliphatic carbocycles. The third-order valence-corrected chi connectivity index (χ3v) is 7.05. The van der Waals surface area contributed by atoms with Crippen LogP contribution in [0.3, 0.4) is 0 Å². The van der Waals surface area contributed by atoms with Gasteiger partial charge in [-0.3, -0.25) is 9.59 Å². The van der Waals surface area contributed by atoms with Crippen LogP contribution in [0.4, 0.5) is 13.2 Å². The predicted octanol–water partition coefficient (Wildman–Crippen LogP) is 3.75. The van der Waals surface area contributed by atoms with E-state index in [2.05, 4.69) is 10.8 Å². The monoisotopic (exact) mass is 495 g/mol. The molecule has 0 spiro atoms. The van der Waals surface area contributed by atoms with Gasteiger partial charge in [0.1, 0.15) is 5.60 Å². The van der Waals surface area contributed by atoms with Crippen molar-refractivity contribution in [2.75, 3.05) is 31.9 Å². The summed E-state index contributed by atoms with van der Waals surface area (Å²) in [5, 5.41) is 10.0. The number of benzene rings is 1. The lowest BCUT2D eigenvalue weighted by molar-refractivity contribution is -0.144. The van der Waals surface area contributed by atoms with E-state index in [4.69, 9.17) is 0 Å². The summed E-state index contributed by atoms with van der Waals surface area (Å²) in [4.78, 5) is 28.5. The number of nitrogens with one attached hydrogen (secondary N) is 1. The van der Waals surface area contributed by atoms with E-state index in [9.17, 15) is 27.9 Å². The van der Waals surface area contributed by atoms with Gasteiger partial charge < -0.3 is 19.6 Å². The van der Waals surface area contributed by atoms with Crippen LogP contribution in [0.5, 0.6) is 0 Å². The van der Waals surface area contributed by atoms with Crippen LogP contribution in [-0.4, -0.2) is 70.4 Å². The highest BCUT2D eigenvalue weighted by molar-refractivity contribution is 7.97. The van der Waals surface area contributed by atoms with Crippen molar-refractivity contribution in [1.29, 1.82) is 0 Å². The Hall–Kier alpha value is -2.46.